The highest BCUT2D eigenvalue weighted by Crippen LogP contribution is 2.31. The lowest BCUT2D eigenvalue weighted by Crippen LogP contribution is -2.47. The van der Waals surface area contributed by atoms with Crippen molar-refractivity contribution in [1.29, 1.82) is 0 Å². The number of rotatable bonds is 6. The molecule has 0 aliphatic heterocycles. The van der Waals surface area contributed by atoms with Gasteiger partial charge < -0.3 is 10.6 Å². The number of thiazole rings is 1. The van der Waals surface area contributed by atoms with Crippen molar-refractivity contribution < 1.29 is 9.59 Å². The monoisotopic (exact) mass is 457 g/mol. The molecule has 0 spiro atoms. The van der Waals surface area contributed by atoms with E-state index in [1.807, 2.05) is 63.2 Å². The normalized spacial score (nSPS) is 12.0. The minimum atomic E-state index is -0.647. The molecule has 0 aliphatic rings. The van der Waals surface area contributed by atoms with Crippen LogP contribution in [0, 0.1) is 19.8 Å². The number of nitrogens with zero attached hydrogens (tertiary/aromatic N) is 1. The van der Waals surface area contributed by atoms with Crippen LogP contribution < -0.4 is 10.6 Å². The Bertz CT molecular complexity index is 1290. The van der Waals surface area contributed by atoms with Crippen molar-refractivity contribution in [2.75, 3.05) is 5.32 Å². The molecular formula is C27H27N3O2S. The summed E-state index contributed by atoms with van der Waals surface area (Å²) in [7, 11) is 0. The van der Waals surface area contributed by atoms with Gasteiger partial charge in [0.25, 0.3) is 5.91 Å². The summed E-state index contributed by atoms with van der Waals surface area (Å²) in [4.78, 5) is 30.3. The first-order chi connectivity index (χ1) is 15.8. The van der Waals surface area contributed by atoms with E-state index in [1.165, 1.54) is 5.56 Å². The van der Waals surface area contributed by atoms with Gasteiger partial charge in [-0.05, 0) is 73.9 Å². The fourth-order valence-electron chi connectivity index (χ4n) is 3.54. The van der Waals surface area contributed by atoms with Gasteiger partial charge >= 0.3 is 0 Å². The zero-order chi connectivity index (χ0) is 23.5. The summed E-state index contributed by atoms with van der Waals surface area (Å²) in [5.41, 5.74) is 5.49. The number of carbonyl (C=O) groups is 2. The molecule has 4 aromatic rings. The molecule has 2 N–H and O–H groups in total. The van der Waals surface area contributed by atoms with Crippen LogP contribution in [-0.2, 0) is 4.79 Å². The molecule has 0 unspecified atom stereocenters. The van der Waals surface area contributed by atoms with Crippen molar-refractivity contribution in [3.8, 4) is 10.6 Å². The van der Waals surface area contributed by atoms with Crippen molar-refractivity contribution in [3.63, 3.8) is 0 Å². The molecule has 5 nitrogen and oxygen atoms in total. The summed E-state index contributed by atoms with van der Waals surface area (Å²) < 4.78 is 1.16. The molecule has 1 heterocycles. The fourth-order valence-corrected chi connectivity index (χ4v) is 4.61. The number of aromatic nitrogens is 1. The molecule has 4 rings (SSSR count). The highest BCUT2D eigenvalue weighted by atomic mass is 32.1. The number of fused-ring (bicyclic) bond motifs is 1. The van der Waals surface area contributed by atoms with E-state index >= 15 is 0 Å². The first-order valence-corrected chi connectivity index (χ1v) is 11.8. The Balaban J connectivity index is 1.45. The van der Waals surface area contributed by atoms with Crippen molar-refractivity contribution >= 4 is 39.1 Å². The van der Waals surface area contributed by atoms with Crippen LogP contribution in [0.2, 0.25) is 0 Å². The highest BCUT2D eigenvalue weighted by Gasteiger charge is 2.25. The second-order valence-corrected chi connectivity index (χ2v) is 9.65. The number of hydrogen-bond donors (Lipinski definition) is 2. The summed E-state index contributed by atoms with van der Waals surface area (Å²) in [6.07, 6.45) is 0. The molecular weight excluding hydrogens is 430 g/mol. The first-order valence-electron chi connectivity index (χ1n) is 11.0. The van der Waals surface area contributed by atoms with Crippen LogP contribution >= 0.6 is 11.3 Å². The van der Waals surface area contributed by atoms with Gasteiger partial charge in [0.05, 0.1) is 10.2 Å². The summed E-state index contributed by atoms with van der Waals surface area (Å²) in [5, 5.41) is 6.74. The SMILES string of the molecule is Cc1ccc(C(=O)N[C@@H](C(=O)Nc2ccc(-c3nc4ccc(C)cc4s3)cc2)C(C)C)cc1. The molecule has 0 radical (unpaired) electrons. The number of carbonyl (C=O) groups excluding carboxylic acids is 2. The molecule has 1 atom stereocenters. The van der Waals surface area contributed by atoms with Gasteiger partial charge in [-0.3, -0.25) is 9.59 Å². The maximum Gasteiger partial charge on any atom is 0.251 e. The van der Waals surface area contributed by atoms with E-state index in [4.69, 9.17) is 4.98 Å². The molecule has 6 heteroatoms. The Labute approximate surface area is 197 Å². The molecule has 168 valence electrons. The lowest BCUT2D eigenvalue weighted by atomic mass is 10.0. The molecule has 0 bridgehead atoms. The largest absolute Gasteiger partial charge is 0.340 e. The van der Waals surface area contributed by atoms with Crippen LogP contribution in [0.15, 0.2) is 66.7 Å². The molecule has 0 saturated heterocycles. The van der Waals surface area contributed by atoms with Crippen molar-refractivity contribution in [2.45, 2.75) is 33.7 Å². The molecule has 0 saturated carbocycles. The van der Waals surface area contributed by atoms with Crippen LogP contribution in [0.5, 0.6) is 0 Å². The summed E-state index contributed by atoms with van der Waals surface area (Å²) in [5.74, 6) is -0.566. The number of hydrogen-bond acceptors (Lipinski definition) is 4. The first kappa shape index (κ1) is 22.7. The second-order valence-electron chi connectivity index (χ2n) is 8.62. The van der Waals surface area contributed by atoms with E-state index in [1.54, 1.807) is 23.5 Å². The number of amides is 2. The fraction of sp³-hybridized carbons (Fsp3) is 0.222. The quantitative estimate of drug-likeness (QED) is 0.374. The van der Waals surface area contributed by atoms with Crippen LogP contribution in [0.3, 0.4) is 0 Å². The minimum absolute atomic E-state index is 0.0649. The van der Waals surface area contributed by atoms with Crippen LogP contribution in [0.1, 0.15) is 35.3 Å². The third kappa shape index (κ3) is 5.29. The molecule has 0 aliphatic carbocycles. The highest BCUT2D eigenvalue weighted by molar-refractivity contribution is 7.21. The maximum atomic E-state index is 12.9. The van der Waals surface area contributed by atoms with Crippen molar-refractivity contribution in [1.82, 2.24) is 10.3 Å². The van der Waals surface area contributed by atoms with Crippen LogP contribution in [-0.4, -0.2) is 22.8 Å². The van der Waals surface area contributed by atoms with Crippen LogP contribution in [0.4, 0.5) is 5.69 Å². The van der Waals surface area contributed by atoms with Gasteiger partial charge in [-0.2, -0.15) is 0 Å². The number of benzene rings is 3. The minimum Gasteiger partial charge on any atom is -0.340 e. The zero-order valence-electron chi connectivity index (χ0n) is 19.2. The van der Waals surface area contributed by atoms with Gasteiger partial charge in [-0.15, -0.1) is 11.3 Å². The Hall–Kier alpha value is -3.51. The standard InChI is InChI=1S/C27H27N3O2S/c1-16(2)24(30-25(31)19-8-5-17(3)6-9-19)26(32)28-21-12-10-20(11-13-21)27-29-22-14-7-18(4)15-23(22)33-27/h5-16,24H,1-4H3,(H,28,32)(H,30,31)/t24-/m1/s1. The van der Waals surface area contributed by atoms with E-state index in [0.717, 1.165) is 26.4 Å². The third-order valence-electron chi connectivity index (χ3n) is 5.49. The average Bonchev–Trinajstić information content (AvgIpc) is 3.21. The van der Waals surface area contributed by atoms with E-state index in [2.05, 4.69) is 29.7 Å². The Morgan fingerprint density at radius 1 is 0.879 bits per heavy atom. The lowest BCUT2D eigenvalue weighted by molar-refractivity contribution is -0.118. The average molecular weight is 458 g/mol. The molecule has 3 aromatic carbocycles. The summed E-state index contributed by atoms with van der Waals surface area (Å²) in [6, 6.07) is 20.5. The smallest absolute Gasteiger partial charge is 0.251 e. The molecule has 2 amide bonds. The van der Waals surface area contributed by atoms with Gasteiger partial charge in [0.15, 0.2) is 0 Å². The Morgan fingerprint density at radius 2 is 1.55 bits per heavy atom. The van der Waals surface area contributed by atoms with Gasteiger partial charge in [-0.25, -0.2) is 4.98 Å². The second kappa shape index (κ2) is 9.55. The molecule has 33 heavy (non-hydrogen) atoms. The van der Waals surface area contributed by atoms with Gasteiger partial charge in [0, 0.05) is 16.8 Å². The third-order valence-corrected chi connectivity index (χ3v) is 6.56. The topological polar surface area (TPSA) is 71.1 Å². The predicted octanol–water partition coefficient (Wildman–Crippen LogP) is 5.97. The molecule has 1 aromatic heterocycles. The van der Waals surface area contributed by atoms with Gasteiger partial charge in [0.2, 0.25) is 5.91 Å². The number of nitrogens with one attached hydrogen (secondary N) is 2. The summed E-state index contributed by atoms with van der Waals surface area (Å²) >= 11 is 1.65. The summed E-state index contributed by atoms with van der Waals surface area (Å²) in [6.45, 7) is 7.87. The zero-order valence-corrected chi connectivity index (χ0v) is 20.0. The maximum absolute atomic E-state index is 12.9. The Morgan fingerprint density at radius 3 is 2.21 bits per heavy atom. The predicted molar refractivity (Wildman–Crippen MR) is 136 cm³/mol. The van der Waals surface area contributed by atoms with Crippen molar-refractivity contribution in [2.24, 2.45) is 5.92 Å². The van der Waals surface area contributed by atoms with E-state index in [0.29, 0.717) is 11.3 Å². The van der Waals surface area contributed by atoms with E-state index in [-0.39, 0.29) is 17.7 Å². The van der Waals surface area contributed by atoms with E-state index < -0.39 is 6.04 Å². The van der Waals surface area contributed by atoms with Gasteiger partial charge in [-0.1, -0.05) is 37.6 Å². The molecule has 0 fully saturated rings. The van der Waals surface area contributed by atoms with E-state index in [9.17, 15) is 9.59 Å². The van der Waals surface area contributed by atoms with Gasteiger partial charge in [0.1, 0.15) is 11.0 Å². The number of aryl methyl sites for hydroxylation is 2. The van der Waals surface area contributed by atoms with Crippen LogP contribution in [0.25, 0.3) is 20.8 Å². The number of anilines is 1. The lowest BCUT2D eigenvalue weighted by Gasteiger charge is -2.22. The van der Waals surface area contributed by atoms with Crippen molar-refractivity contribution in [3.05, 3.63) is 83.4 Å². The Kier molecular flexibility index (Phi) is 6.56.